The highest BCUT2D eigenvalue weighted by Crippen LogP contribution is 2.26. The summed E-state index contributed by atoms with van der Waals surface area (Å²) in [5, 5.41) is 0.723. The van der Waals surface area contributed by atoms with Crippen LogP contribution in [0.4, 0.5) is 5.69 Å². The van der Waals surface area contributed by atoms with E-state index in [1.165, 1.54) is 30.5 Å². The molecule has 1 aromatic carbocycles. The normalized spacial score (nSPS) is 11.3. The summed E-state index contributed by atoms with van der Waals surface area (Å²) in [6.45, 7) is 0. The summed E-state index contributed by atoms with van der Waals surface area (Å²) in [6, 6.07) is 5.77. The molecule has 4 nitrogen and oxygen atoms in total. The molecule has 0 saturated carbocycles. The van der Waals surface area contributed by atoms with Gasteiger partial charge >= 0.3 is 0 Å². The maximum absolute atomic E-state index is 12.1. The first-order chi connectivity index (χ1) is 8.88. The summed E-state index contributed by atoms with van der Waals surface area (Å²) in [5.41, 5.74) is 0.248. The number of pyridine rings is 1. The molecule has 1 heterocycles. The molecule has 2 aromatic rings. The molecule has 1 N–H and O–H groups in total. The summed E-state index contributed by atoms with van der Waals surface area (Å²) in [5.74, 6) is 0. The highest BCUT2D eigenvalue weighted by Gasteiger charge is 2.18. The fraction of sp³-hybridized carbons (Fsp3) is 0. The van der Waals surface area contributed by atoms with Crippen LogP contribution in [0.15, 0.2) is 41.6 Å². The molecule has 0 bridgehead atoms. The van der Waals surface area contributed by atoms with Gasteiger partial charge in [0.1, 0.15) is 4.90 Å². The van der Waals surface area contributed by atoms with Crippen molar-refractivity contribution in [2.75, 3.05) is 4.72 Å². The molecule has 0 aliphatic carbocycles. The number of rotatable bonds is 3. The third-order valence-electron chi connectivity index (χ3n) is 2.14. The number of hydrogen-bond acceptors (Lipinski definition) is 3. The molecule has 100 valence electrons. The minimum Gasteiger partial charge on any atom is -0.279 e. The molecule has 1 aromatic heterocycles. The average molecular weight is 338 g/mol. The van der Waals surface area contributed by atoms with Crippen molar-refractivity contribution in [3.8, 4) is 0 Å². The van der Waals surface area contributed by atoms with E-state index in [4.69, 9.17) is 34.8 Å². The first-order valence-corrected chi connectivity index (χ1v) is 7.58. The van der Waals surface area contributed by atoms with E-state index >= 15 is 0 Å². The van der Waals surface area contributed by atoms with E-state index in [-0.39, 0.29) is 15.6 Å². The molecule has 0 spiro atoms. The van der Waals surface area contributed by atoms with E-state index in [0.717, 1.165) is 6.20 Å². The zero-order valence-electron chi connectivity index (χ0n) is 9.27. The Morgan fingerprint density at radius 1 is 1.05 bits per heavy atom. The number of anilines is 1. The predicted molar refractivity (Wildman–Crippen MR) is 76.5 cm³/mol. The molecule has 0 saturated heterocycles. The smallest absolute Gasteiger partial charge is 0.264 e. The lowest BCUT2D eigenvalue weighted by atomic mass is 10.3. The Hall–Kier alpha value is -1.01. The van der Waals surface area contributed by atoms with Crippen molar-refractivity contribution >= 4 is 50.5 Å². The molecular weight excluding hydrogens is 331 g/mol. The van der Waals surface area contributed by atoms with E-state index in [9.17, 15) is 8.42 Å². The van der Waals surface area contributed by atoms with E-state index in [0.29, 0.717) is 10.0 Å². The fourth-order valence-corrected chi connectivity index (χ4v) is 3.38. The molecule has 0 aliphatic rings. The van der Waals surface area contributed by atoms with Crippen LogP contribution in [0, 0.1) is 0 Å². The van der Waals surface area contributed by atoms with Crippen LogP contribution in [0.3, 0.4) is 0 Å². The van der Waals surface area contributed by atoms with Crippen molar-refractivity contribution in [3.05, 3.63) is 51.7 Å². The van der Waals surface area contributed by atoms with Gasteiger partial charge in [-0.25, -0.2) is 8.42 Å². The minimum atomic E-state index is -3.84. The van der Waals surface area contributed by atoms with Crippen LogP contribution in [0.25, 0.3) is 0 Å². The second-order valence-corrected chi connectivity index (χ2v) is 6.50. The van der Waals surface area contributed by atoms with Crippen molar-refractivity contribution in [2.24, 2.45) is 0 Å². The molecule has 0 aliphatic heterocycles. The maximum atomic E-state index is 12.1. The van der Waals surface area contributed by atoms with Crippen molar-refractivity contribution in [2.45, 2.75) is 4.90 Å². The number of sulfonamides is 1. The highest BCUT2D eigenvalue weighted by atomic mass is 35.5. The average Bonchev–Trinajstić information content (AvgIpc) is 2.26. The van der Waals surface area contributed by atoms with Gasteiger partial charge in [-0.05, 0) is 24.3 Å². The maximum Gasteiger partial charge on any atom is 0.264 e. The van der Waals surface area contributed by atoms with Crippen LogP contribution in [0.1, 0.15) is 0 Å². The minimum absolute atomic E-state index is 0.0793. The Balaban J connectivity index is 2.39. The first-order valence-electron chi connectivity index (χ1n) is 4.97. The lowest BCUT2D eigenvalue weighted by Crippen LogP contribution is -2.13. The van der Waals surface area contributed by atoms with Crippen LogP contribution in [-0.4, -0.2) is 13.4 Å². The van der Waals surface area contributed by atoms with Gasteiger partial charge in [-0.1, -0.05) is 34.8 Å². The Kier molecular flexibility index (Phi) is 4.20. The summed E-state index contributed by atoms with van der Waals surface area (Å²) in [6.07, 6.45) is 2.56. The molecule has 8 heteroatoms. The number of halogens is 3. The molecule has 0 atom stereocenters. The van der Waals surface area contributed by atoms with Gasteiger partial charge < -0.3 is 0 Å². The van der Waals surface area contributed by atoms with Gasteiger partial charge in [-0.3, -0.25) is 9.71 Å². The van der Waals surface area contributed by atoms with Gasteiger partial charge in [0, 0.05) is 22.4 Å². The van der Waals surface area contributed by atoms with E-state index in [1.54, 1.807) is 0 Å². The van der Waals surface area contributed by atoms with E-state index < -0.39 is 10.0 Å². The van der Waals surface area contributed by atoms with Crippen LogP contribution >= 0.6 is 34.8 Å². The Morgan fingerprint density at radius 2 is 1.68 bits per heavy atom. The summed E-state index contributed by atoms with van der Waals surface area (Å²) < 4.78 is 26.6. The van der Waals surface area contributed by atoms with Gasteiger partial charge in [0.05, 0.1) is 10.7 Å². The summed E-state index contributed by atoms with van der Waals surface area (Å²) in [4.78, 5) is 3.61. The lowest BCUT2D eigenvalue weighted by molar-refractivity contribution is 0.601. The van der Waals surface area contributed by atoms with Gasteiger partial charge in [0.15, 0.2) is 0 Å². The van der Waals surface area contributed by atoms with Crippen LogP contribution < -0.4 is 4.72 Å². The van der Waals surface area contributed by atoms with Crippen LogP contribution in [-0.2, 0) is 10.0 Å². The van der Waals surface area contributed by atoms with Gasteiger partial charge in [-0.15, -0.1) is 0 Å². The number of nitrogens with one attached hydrogen (secondary N) is 1. The standard InChI is InChI=1S/C11H7Cl3N2O2S/c12-7-3-8(13)5-9(4-7)16-19(17,18)11-6-15-2-1-10(11)14/h1-6,16H. The third kappa shape index (κ3) is 3.51. The summed E-state index contributed by atoms with van der Waals surface area (Å²) >= 11 is 17.4. The Morgan fingerprint density at radius 3 is 2.26 bits per heavy atom. The fourth-order valence-electron chi connectivity index (χ4n) is 1.38. The van der Waals surface area contributed by atoms with Crippen molar-refractivity contribution in [3.63, 3.8) is 0 Å². The zero-order chi connectivity index (χ0) is 14.0. The van der Waals surface area contributed by atoms with Crippen molar-refractivity contribution in [1.82, 2.24) is 4.98 Å². The molecule has 0 amide bonds. The molecule has 2 rings (SSSR count). The van der Waals surface area contributed by atoms with E-state index in [2.05, 4.69) is 9.71 Å². The van der Waals surface area contributed by atoms with E-state index in [1.807, 2.05) is 0 Å². The molecule has 0 unspecified atom stereocenters. The Labute approximate surface area is 125 Å². The zero-order valence-corrected chi connectivity index (χ0v) is 12.4. The number of benzene rings is 1. The van der Waals surface area contributed by atoms with Crippen LogP contribution in [0.5, 0.6) is 0 Å². The second kappa shape index (κ2) is 5.54. The van der Waals surface area contributed by atoms with Crippen molar-refractivity contribution < 1.29 is 8.42 Å². The van der Waals surface area contributed by atoms with Crippen molar-refractivity contribution in [1.29, 1.82) is 0 Å². The third-order valence-corrected chi connectivity index (χ3v) is 4.43. The number of nitrogens with zero attached hydrogens (tertiary/aromatic N) is 1. The molecular formula is C11H7Cl3N2O2S. The second-order valence-electron chi connectivity index (χ2n) is 3.57. The Bertz CT molecular complexity index is 699. The van der Waals surface area contributed by atoms with Gasteiger partial charge in [0.2, 0.25) is 0 Å². The first kappa shape index (κ1) is 14.4. The monoisotopic (exact) mass is 336 g/mol. The van der Waals surface area contributed by atoms with Gasteiger partial charge in [-0.2, -0.15) is 0 Å². The molecule has 0 fully saturated rings. The quantitative estimate of drug-likeness (QED) is 0.925. The largest absolute Gasteiger partial charge is 0.279 e. The summed E-state index contributed by atoms with van der Waals surface area (Å²) in [7, 11) is -3.84. The topological polar surface area (TPSA) is 59.1 Å². The van der Waals surface area contributed by atoms with Crippen LogP contribution in [0.2, 0.25) is 15.1 Å². The predicted octanol–water partition coefficient (Wildman–Crippen LogP) is 3.84. The molecule has 0 radical (unpaired) electrons. The molecule has 19 heavy (non-hydrogen) atoms. The lowest BCUT2D eigenvalue weighted by Gasteiger charge is -2.09. The van der Waals surface area contributed by atoms with Gasteiger partial charge in [0.25, 0.3) is 10.0 Å². The number of hydrogen-bond donors (Lipinski definition) is 1. The highest BCUT2D eigenvalue weighted by molar-refractivity contribution is 7.92. The number of aromatic nitrogens is 1. The SMILES string of the molecule is O=S(=O)(Nc1cc(Cl)cc(Cl)c1)c1cnccc1Cl.